The Morgan fingerprint density at radius 3 is 2.27 bits per heavy atom. The zero-order valence-electron chi connectivity index (χ0n) is 19.8. The molecular formula is C26H31ClN4O2. The highest BCUT2D eigenvalue weighted by Crippen LogP contribution is 2.27. The molecule has 0 radical (unpaired) electrons. The van der Waals surface area contributed by atoms with Crippen molar-refractivity contribution in [3.05, 3.63) is 76.9 Å². The summed E-state index contributed by atoms with van der Waals surface area (Å²) < 4.78 is 1.70. The molecule has 0 unspecified atom stereocenters. The second-order valence-electron chi connectivity index (χ2n) is 9.55. The first-order valence-corrected chi connectivity index (χ1v) is 11.4. The second-order valence-corrected chi connectivity index (χ2v) is 9.98. The van der Waals surface area contributed by atoms with Gasteiger partial charge in [-0.25, -0.2) is 4.68 Å². The molecule has 7 heteroatoms. The topological polar surface area (TPSA) is 67.2 Å². The summed E-state index contributed by atoms with van der Waals surface area (Å²) in [5, 5.41) is 8.31. The van der Waals surface area contributed by atoms with Crippen molar-refractivity contribution >= 4 is 29.2 Å². The van der Waals surface area contributed by atoms with Crippen LogP contribution in [0.1, 0.15) is 50.7 Å². The predicted octanol–water partition coefficient (Wildman–Crippen LogP) is 5.56. The SMILES string of the molecule is CC(C)CN(CC(=O)Nc1cc(C(C)(C)C)nn1-c1ccc(Cl)cc1)C(=O)c1ccccc1. The summed E-state index contributed by atoms with van der Waals surface area (Å²) in [6.45, 7) is 10.7. The van der Waals surface area contributed by atoms with Crippen molar-refractivity contribution in [1.82, 2.24) is 14.7 Å². The third-order valence-electron chi connectivity index (χ3n) is 5.04. The Hall–Kier alpha value is -3.12. The van der Waals surface area contributed by atoms with Crippen molar-refractivity contribution in [1.29, 1.82) is 0 Å². The van der Waals surface area contributed by atoms with Crippen LogP contribution in [0.4, 0.5) is 5.82 Å². The zero-order valence-corrected chi connectivity index (χ0v) is 20.6. The van der Waals surface area contributed by atoms with Crippen LogP contribution in [0.15, 0.2) is 60.7 Å². The fourth-order valence-corrected chi connectivity index (χ4v) is 3.52. The molecule has 174 valence electrons. The largest absolute Gasteiger partial charge is 0.329 e. The van der Waals surface area contributed by atoms with Crippen molar-refractivity contribution in [2.75, 3.05) is 18.4 Å². The number of rotatable bonds is 7. The molecule has 0 aliphatic rings. The van der Waals surface area contributed by atoms with Gasteiger partial charge < -0.3 is 10.2 Å². The third-order valence-corrected chi connectivity index (χ3v) is 5.30. The summed E-state index contributed by atoms with van der Waals surface area (Å²) in [5.74, 6) is 0.318. The van der Waals surface area contributed by atoms with Gasteiger partial charge >= 0.3 is 0 Å². The summed E-state index contributed by atoms with van der Waals surface area (Å²) in [7, 11) is 0. The zero-order chi connectivity index (χ0) is 24.2. The van der Waals surface area contributed by atoms with Gasteiger partial charge in [-0.3, -0.25) is 9.59 Å². The number of carbonyl (C=O) groups is 2. The number of nitrogens with zero attached hydrogens (tertiary/aromatic N) is 3. The molecule has 6 nitrogen and oxygen atoms in total. The van der Waals surface area contributed by atoms with E-state index in [0.717, 1.165) is 11.4 Å². The van der Waals surface area contributed by atoms with Gasteiger partial charge in [0.05, 0.1) is 11.4 Å². The average Bonchev–Trinajstić information content (AvgIpc) is 3.17. The lowest BCUT2D eigenvalue weighted by Gasteiger charge is -2.24. The highest BCUT2D eigenvalue weighted by molar-refractivity contribution is 6.30. The second kappa shape index (κ2) is 10.2. The van der Waals surface area contributed by atoms with Crippen LogP contribution >= 0.6 is 11.6 Å². The molecule has 3 aromatic rings. The highest BCUT2D eigenvalue weighted by Gasteiger charge is 2.24. The summed E-state index contributed by atoms with van der Waals surface area (Å²) >= 11 is 6.04. The van der Waals surface area contributed by atoms with Crippen LogP contribution in [0.3, 0.4) is 0 Å². The lowest BCUT2D eigenvalue weighted by atomic mass is 9.92. The predicted molar refractivity (Wildman–Crippen MR) is 133 cm³/mol. The Balaban J connectivity index is 1.86. The van der Waals surface area contributed by atoms with Crippen LogP contribution in [-0.4, -0.2) is 39.6 Å². The minimum absolute atomic E-state index is 0.0530. The lowest BCUT2D eigenvalue weighted by Crippen LogP contribution is -2.40. The number of hydrogen-bond acceptors (Lipinski definition) is 3. The van der Waals surface area contributed by atoms with E-state index in [0.29, 0.717) is 22.9 Å². The molecule has 0 saturated heterocycles. The number of anilines is 1. The maximum absolute atomic E-state index is 13.1. The van der Waals surface area contributed by atoms with Crippen LogP contribution in [-0.2, 0) is 10.2 Å². The van der Waals surface area contributed by atoms with Crippen molar-refractivity contribution in [3.8, 4) is 5.69 Å². The van der Waals surface area contributed by atoms with Gasteiger partial charge in [0.1, 0.15) is 12.4 Å². The van der Waals surface area contributed by atoms with Gasteiger partial charge in [-0.05, 0) is 42.3 Å². The highest BCUT2D eigenvalue weighted by atomic mass is 35.5. The van der Waals surface area contributed by atoms with Crippen LogP contribution in [0.2, 0.25) is 5.02 Å². The smallest absolute Gasteiger partial charge is 0.254 e. The van der Waals surface area contributed by atoms with E-state index in [1.807, 2.05) is 50.2 Å². The van der Waals surface area contributed by atoms with Gasteiger partial charge in [-0.2, -0.15) is 5.10 Å². The van der Waals surface area contributed by atoms with Crippen molar-refractivity contribution < 1.29 is 9.59 Å². The first-order valence-electron chi connectivity index (χ1n) is 11.1. The molecule has 0 atom stereocenters. The number of benzene rings is 2. The van der Waals surface area contributed by atoms with E-state index >= 15 is 0 Å². The Kier molecular flexibility index (Phi) is 7.59. The number of nitrogens with one attached hydrogen (secondary N) is 1. The molecule has 0 bridgehead atoms. The fraction of sp³-hybridized carbons (Fsp3) is 0.346. The lowest BCUT2D eigenvalue weighted by molar-refractivity contribution is -0.117. The van der Waals surface area contributed by atoms with Gasteiger partial charge in [0.2, 0.25) is 5.91 Å². The number of hydrogen-bond donors (Lipinski definition) is 1. The van der Waals surface area contributed by atoms with Crippen LogP contribution in [0, 0.1) is 5.92 Å². The quantitative estimate of drug-likeness (QED) is 0.495. The van der Waals surface area contributed by atoms with E-state index in [-0.39, 0.29) is 29.7 Å². The molecule has 1 N–H and O–H groups in total. The molecule has 0 aliphatic heterocycles. The number of aromatic nitrogens is 2. The normalized spacial score (nSPS) is 11.5. The molecule has 1 heterocycles. The molecule has 2 amide bonds. The fourth-order valence-electron chi connectivity index (χ4n) is 3.39. The van der Waals surface area contributed by atoms with Crippen molar-refractivity contribution in [2.45, 2.75) is 40.0 Å². The van der Waals surface area contributed by atoms with Crippen molar-refractivity contribution in [3.63, 3.8) is 0 Å². The number of carbonyl (C=O) groups excluding carboxylic acids is 2. The minimum Gasteiger partial charge on any atom is -0.329 e. The number of halogens is 1. The number of amides is 2. The third kappa shape index (κ3) is 6.45. The van der Waals surface area contributed by atoms with Crippen LogP contribution in [0.5, 0.6) is 0 Å². The molecule has 0 saturated carbocycles. The van der Waals surface area contributed by atoms with E-state index in [1.54, 1.807) is 33.8 Å². The first kappa shape index (κ1) is 24.5. The van der Waals surface area contributed by atoms with Gasteiger partial charge in [0.25, 0.3) is 5.91 Å². The maximum atomic E-state index is 13.1. The van der Waals surface area contributed by atoms with Crippen LogP contribution in [0.25, 0.3) is 5.69 Å². The van der Waals surface area contributed by atoms with Gasteiger partial charge in [0.15, 0.2) is 0 Å². The van der Waals surface area contributed by atoms with Crippen LogP contribution < -0.4 is 5.32 Å². The Bertz CT molecular complexity index is 1100. The van der Waals surface area contributed by atoms with Gasteiger partial charge in [-0.1, -0.05) is 64.4 Å². The molecule has 3 rings (SSSR count). The van der Waals surface area contributed by atoms with E-state index in [1.165, 1.54) is 0 Å². The van der Waals surface area contributed by atoms with Gasteiger partial charge in [0, 0.05) is 28.6 Å². The molecule has 0 aliphatic carbocycles. The molecule has 2 aromatic carbocycles. The maximum Gasteiger partial charge on any atom is 0.254 e. The summed E-state index contributed by atoms with van der Waals surface area (Å²) in [6, 6.07) is 18.2. The molecule has 33 heavy (non-hydrogen) atoms. The Labute approximate surface area is 200 Å². The first-order chi connectivity index (χ1) is 15.5. The van der Waals surface area contributed by atoms with E-state index in [4.69, 9.17) is 16.7 Å². The minimum atomic E-state index is -0.282. The average molecular weight is 467 g/mol. The summed E-state index contributed by atoms with van der Waals surface area (Å²) in [6.07, 6.45) is 0. The Morgan fingerprint density at radius 1 is 1.06 bits per heavy atom. The standard InChI is InChI=1S/C26H31ClN4O2/c1-18(2)16-30(25(33)19-9-7-6-8-10-19)17-24(32)28-23-15-22(26(3,4)5)29-31(23)21-13-11-20(27)12-14-21/h6-15,18H,16-17H2,1-5H3,(H,28,32). The van der Waals surface area contributed by atoms with Gasteiger partial charge in [-0.15, -0.1) is 0 Å². The van der Waals surface area contributed by atoms with Crippen molar-refractivity contribution in [2.24, 2.45) is 5.92 Å². The Morgan fingerprint density at radius 2 is 1.70 bits per heavy atom. The summed E-state index contributed by atoms with van der Waals surface area (Å²) in [4.78, 5) is 27.7. The molecule has 1 aromatic heterocycles. The molecule has 0 spiro atoms. The van der Waals surface area contributed by atoms with E-state index < -0.39 is 0 Å². The monoisotopic (exact) mass is 466 g/mol. The van der Waals surface area contributed by atoms with E-state index in [2.05, 4.69) is 26.1 Å². The van der Waals surface area contributed by atoms with E-state index in [9.17, 15) is 9.59 Å². The summed E-state index contributed by atoms with van der Waals surface area (Å²) in [5.41, 5.74) is 1.98. The molecule has 0 fully saturated rings. The molecular weight excluding hydrogens is 436 g/mol.